The number of benzene rings is 3. The fourth-order valence-corrected chi connectivity index (χ4v) is 6.15. The summed E-state index contributed by atoms with van der Waals surface area (Å²) in [6.45, 7) is 9.34. The summed E-state index contributed by atoms with van der Waals surface area (Å²) in [4.78, 5) is 33.9. The lowest BCUT2D eigenvalue weighted by atomic mass is 9.95. The van der Waals surface area contributed by atoms with Crippen LogP contribution in [-0.2, 0) is 9.59 Å². The van der Waals surface area contributed by atoms with Gasteiger partial charge in [-0.25, -0.2) is 0 Å². The maximum atomic E-state index is 13.9. The van der Waals surface area contributed by atoms with Crippen LogP contribution in [0.4, 0.5) is 5.69 Å². The number of phenolic OH excluding ortho intramolecular Hbond substituents is 1. The lowest BCUT2D eigenvalue weighted by molar-refractivity contribution is -0.132. The summed E-state index contributed by atoms with van der Waals surface area (Å²) in [5.74, 6) is 0.702. The van der Waals surface area contributed by atoms with E-state index in [0.29, 0.717) is 42.6 Å². The highest BCUT2D eigenvalue weighted by atomic mass is 35.5. The van der Waals surface area contributed by atoms with Crippen molar-refractivity contribution in [3.8, 4) is 22.6 Å². The molecule has 0 saturated carbocycles. The average Bonchev–Trinajstić information content (AvgIpc) is 2.92. The second-order valence-corrected chi connectivity index (χ2v) is 11.4. The van der Waals surface area contributed by atoms with Crippen LogP contribution < -0.4 is 9.64 Å². The van der Waals surface area contributed by atoms with Gasteiger partial charge in [-0.2, -0.15) is 0 Å². The Morgan fingerprint density at radius 2 is 1.82 bits per heavy atom. The molecule has 3 aliphatic rings. The third kappa shape index (κ3) is 5.03. The number of anilines is 1. The van der Waals surface area contributed by atoms with Crippen molar-refractivity contribution in [1.29, 1.82) is 0 Å². The first-order chi connectivity index (χ1) is 19.3. The van der Waals surface area contributed by atoms with Gasteiger partial charge in [-0.05, 0) is 53.7 Å². The fourth-order valence-electron chi connectivity index (χ4n) is 5.89. The number of phenols is 1. The van der Waals surface area contributed by atoms with Crippen molar-refractivity contribution in [2.24, 2.45) is 5.92 Å². The van der Waals surface area contributed by atoms with Gasteiger partial charge in [0.25, 0.3) is 5.91 Å². The lowest BCUT2D eigenvalue weighted by Gasteiger charge is -2.44. The van der Waals surface area contributed by atoms with Crippen LogP contribution in [0.5, 0.6) is 11.5 Å². The summed E-state index contributed by atoms with van der Waals surface area (Å²) in [5.41, 5.74) is 2.15. The van der Waals surface area contributed by atoms with Gasteiger partial charge in [0.05, 0.1) is 10.7 Å². The van der Waals surface area contributed by atoms with E-state index in [2.05, 4.69) is 23.4 Å². The van der Waals surface area contributed by atoms with Crippen LogP contribution in [0.3, 0.4) is 0 Å². The number of hydrogen-bond donors (Lipinski definition) is 1. The van der Waals surface area contributed by atoms with Crippen LogP contribution in [0.1, 0.15) is 0 Å². The van der Waals surface area contributed by atoms with Crippen molar-refractivity contribution in [3.63, 3.8) is 0 Å². The van der Waals surface area contributed by atoms with E-state index in [4.69, 9.17) is 16.3 Å². The molecular formula is C31H33ClN4O4. The van der Waals surface area contributed by atoms with E-state index >= 15 is 0 Å². The minimum absolute atomic E-state index is 0.0912. The second kappa shape index (κ2) is 10.8. The number of fused-ring (bicyclic) bond motifs is 2. The SMILES string of the molecule is C=CC(=O)N1CC(CN2C(=O)C(CN3CCN(C)CC3)Oc3cc(-c4cc(O)cc5ccccc45)c(Cl)cc32)C1. The molecule has 3 aliphatic heterocycles. The van der Waals surface area contributed by atoms with Gasteiger partial charge in [0.2, 0.25) is 5.91 Å². The zero-order valence-corrected chi connectivity index (χ0v) is 23.3. The monoisotopic (exact) mass is 560 g/mol. The zero-order valence-electron chi connectivity index (χ0n) is 22.6. The van der Waals surface area contributed by atoms with Gasteiger partial charge in [-0.1, -0.05) is 42.4 Å². The minimum Gasteiger partial charge on any atom is -0.508 e. The van der Waals surface area contributed by atoms with Crippen LogP contribution in [0.25, 0.3) is 21.9 Å². The first-order valence-electron chi connectivity index (χ1n) is 13.7. The Morgan fingerprint density at radius 3 is 2.58 bits per heavy atom. The third-order valence-corrected chi connectivity index (χ3v) is 8.50. The number of aromatic hydroxyl groups is 1. The van der Waals surface area contributed by atoms with Gasteiger partial charge in [-0.3, -0.25) is 14.5 Å². The fraction of sp³-hybridized carbons (Fsp3) is 0.355. The molecule has 2 amide bonds. The summed E-state index contributed by atoms with van der Waals surface area (Å²) < 4.78 is 6.43. The van der Waals surface area contributed by atoms with Crippen LogP contribution in [-0.4, -0.2) is 97.1 Å². The number of hydrogen-bond acceptors (Lipinski definition) is 6. The molecular weight excluding hydrogens is 528 g/mol. The van der Waals surface area contributed by atoms with E-state index in [9.17, 15) is 14.7 Å². The van der Waals surface area contributed by atoms with Crippen LogP contribution in [0.15, 0.2) is 61.2 Å². The quantitative estimate of drug-likeness (QED) is 0.462. The Labute approximate surface area is 239 Å². The van der Waals surface area contributed by atoms with Crippen molar-refractivity contribution in [1.82, 2.24) is 14.7 Å². The Balaban J connectivity index is 1.35. The highest BCUT2D eigenvalue weighted by Crippen LogP contribution is 2.45. The molecule has 1 atom stereocenters. The second-order valence-electron chi connectivity index (χ2n) is 11.0. The Hall–Kier alpha value is -3.59. The molecule has 0 radical (unpaired) electrons. The maximum Gasteiger partial charge on any atom is 0.269 e. The van der Waals surface area contributed by atoms with Gasteiger partial charge in [-0.15, -0.1) is 0 Å². The van der Waals surface area contributed by atoms with Crippen molar-refractivity contribution >= 4 is 39.9 Å². The first kappa shape index (κ1) is 26.6. The van der Waals surface area contributed by atoms with Gasteiger partial charge in [0.1, 0.15) is 11.5 Å². The molecule has 0 aromatic heterocycles. The maximum absolute atomic E-state index is 13.9. The standard InChI is InChI=1S/C31H33ClN4O4/c1-3-30(38)35-16-20(17-35)18-36-27-15-26(32)25(24-13-22(37)12-21-6-4-5-7-23(21)24)14-28(27)40-29(31(36)39)19-34-10-8-33(2)9-11-34/h3-7,12-15,20,29,37H,1,8-11,16-19H2,2H3. The number of likely N-dealkylation sites (tertiary alicyclic amines) is 1. The van der Waals surface area contributed by atoms with Crippen LogP contribution in [0.2, 0.25) is 5.02 Å². The van der Waals surface area contributed by atoms with Crippen molar-refractivity contribution in [3.05, 3.63) is 66.2 Å². The molecule has 3 heterocycles. The van der Waals surface area contributed by atoms with E-state index in [-0.39, 0.29) is 23.5 Å². The number of carbonyl (C=O) groups excluding carboxylic acids is 2. The molecule has 3 aromatic rings. The number of likely N-dealkylation sites (N-methyl/N-ethyl adjacent to an activating group) is 1. The molecule has 8 nitrogen and oxygen atoms in total. The van der Waals surface area contributed by atoms with Crippen LogP contribution >= 0.6 is 11.6 Å². The van der Waals surface area contributed by atoms with Crippen molar-refractivity contribution < 1.29 is 19.4 Å². The van der Waals surface area contributed by atoms with Gasteiger partial charge >= 0.3 is 0 Å². The molecule has 2 saturated heterocycles. The van der Waals surface area contributed by atoms with Crippen LogP contribution in [0, 0.1) is 5.92 Å². The molecule has 0 aliphatic carbocycles. The topological polar surface area (TPSA) is 76.6 Å². The van der Waals surface area contributed by atoms with E-state index in [1.165, 1.54) is 6.08 Å². The molecule has 208 valence electrons. The number of rotatable bonds is 6. The largest absolute Gasteiger partial charge is 0.508 e. The molecule has 1 unspecified atom stereocenters. The lowest BCUT2D eigenvalue weighted by Crippen LogP contribution is -2.58. The van der Waals surface area contributed by atoms with E-state index < -0.39 is 6.10 Å². The minimum atomic E-state index is -0.656. The molecule has 40 heavy (non-hydrogen) atoms. The number of nitrogens with zero attached hydrogens (tertiary/aromatic N) is 4. The molecule has 0 bridgehead atoms. The number of piperazine rings is 1. The third-order valence-electron chi connectivity index (χ3n) is 8.19. The molecule has 2 fully saturated rings. The molecule has 6 rings (SSSR count). The molecule has 0 spiro atoms. The summed E-state index contributed by atoms with van der Waals surface area (Å²) >= 11 is 6.88. The Bertz CT molecular complexity index is 1480. The van der Waals surface area contributed by atoms with Gasteiger partial charge < -0.3 is 24.5 Å². The Morgan fingerprint density at radius 1 is 1.07 bits per heavy atom. The number of amides is 2. The van der Waals surface area contributed by atoms with Crippen molar-refractivity contribution in [2.45, 2.75) is 6.10 Å². The summed E-state index contributed by atoms with van der Waals surface area (Å²) in [7, 11) is 2.10. The number of carbonyl (C=O) groups is 2. The first-order valence-corrected chi connectivity index (χ1v) is 14.0. The summed E-state index contributed by atoms with van der Waals surface area (Å²) in [6, 6.07) is 15.0. The highest BCUT2D eigenvalue weighted by molar-refractivity contribution is 6.34. The normalized spacial score (nSPS) is 20.2. The van der Waals surface area contributed by atoms with E-state index in [1.54, 1.807) is 28.0 Å². The molecule has 1 N–H and O–H groups in total. The molecule has 9 heteroatoms. The Kier molecular flexibility index (Phi) is 7.16. The average molecular weight is 561 g/mol. The van der Waals surface area contributed by atoms with Gasteiger partial charge in [0.15, 0.2) is 6.10 Å². The predicted molar refractivity (Wildman–Crippen MR) is 157 cm³/mol. The van der Waals surface area contributed by atoms with E-state index in [1.807, 2.05) is 30.3 Å². The summed E-state index contributed by atoms with van der Waals surface area (Å²) in [5, 5.41) is 12.8. The molecule has 3 aromatic carbocycles. The highest BCUT2D eigenvalue weighted by Gasteiger charge is 2.40. The smallest absolute Gasteiger partial charge is 0.269 e. The number of halogens is 1. The summed E-state index contributed by atoms with van der Waals surface area (Å²) in [6.07, 6.45) is 0.668. The van der Waals surface area contributed by atoms with E-state index in [0.717, 1.165) is 48.1 Å². The number of ether oxygens (including phenoxy) is 1. The predicted octanol–water partition coefficient (Wildman–Crippen LogP) is 3.85. The zero-order chi connectivity index (χ0) is 28.0. The van der Waals surface area contributed by atoms with Crippen molar-refractivity contribution in [2.75, 3.05) is 64.3 Å². The van der Waals surface area contributed by atoms with Gasteiger partial charge in [0, 0.05) is 63.8 Å².